The number of carbonyl (C=O) groups excluding carboxylic acids is 1. The van der Waals surface area contributed by atoms with Gasteiger partial charge >= 0.3 is 0 Å². The van der Waals surface area contributed by atoms with Gasteiger partial charge in [-0.2, -0.15) is 4.80 Å². The van der Waals surface area contributed by atoms with Crippen molar-refractivity contribution in [2.45, 2.75) is 32.9 Å². The van der Waals surface area contributed by atoms with Gasteiger partial charge in [0.1, 0.15) is 6.54 Å². The van der Waals surface area contributed by atoms with Gasteiger partial charge in [0.25, 0.3) is 0 Å². The summed E-state index contributed by atoms with van der Waals surface area (Å²) < 4.78 is 0. The number of hydrogen-bond acceptors (Lipinski definition) is 5. The fraction of sp³-hybridized carbons (Fsp3) is 0.467. The highest BCUT2D eigenvalue weighted by molar-refractivity contribution is 6.30. The van der Waals surface area contributed by atoms with Crippen molar-refractivity contribution in [1.29, 1.82) is 0 Å². The molecule has 1 aromatic heterocycles. The lowest BCUT2D eigenvalue weighted by atomic mass is 10.0. The fourth-order valence-electron chi connectivity index (χ4n) is 2.21. The molecule has 0 aliphatic heterocycles. The fourth-order valence-corrected chi connectivity index (χ4v) is 2.34. The second-order valence-corrected chi connectivity index (χ2v) is 6.22. The van der Waals surface area contributed by atoms with E-state index in [1.165, 1.54) is 4.80 Å². The summed E-state index contributed by atoms with van der Waals surface area (Å²) in [6, 6.07) is 7.07. The average molecular weight is 337 g/mol. The van der Waals surface area contributed by atoms with E-state index in [1.54, 1.807) is 24.3 Å². The van der Waals surface area contributed by atoms with Crippen molar-refractivity contribution in [3.8, 4) is 11.4 Å². The van der Waals surface area contributed by atoms with Crippen molar-refractivity contribution < 1.29 is 4.79 Å². The van der Waals surface area contributed by atoms with Gasteiger partial charge in [-0.15, -0.1) is 10.2 Å². The number of halogens is 1. The molecular weight excluding hydrogens is 316 g/mol. The second-order valence-electron chi connectivity index (χ2n) is 5.78. The van der Waals surface area contributed by atoms with Crippen LogP contribution in [0.15, 0.2) is 24.3 Å². The van der Waals surface area contributed by atoms with Crippen molar-refractivity contribution in [1.82, 2.24) is 25.5 Å². The number of benzene rings is 1. The van der Waals surface area contributed by atoms with E-state index in [2.05, 4.69) is 34.6 Å². The molecule has 8 heteroatoms. The van der Waals surface area contributed by atoms with Crippen LogP contribution in [0.1, 0.15) is 20.3 Å². The van der Waals surface area contributed by atoms with Gasteiger partial charge in [-0.3, -0.25) is 4.79 Å². The molecule has 0 aliphatic carbocycles. The van der Waals surface area contributed by atoms with E-state index in [9.17, 15) is 4.79 Å². The zero-order valence-electron chi connectivity index (χ0n) is 13.2. The predicted octanol–water partition coefficient (Wildman–Crippen LogP) is 1.48. The maximum Gasteiger partial charge on any atom is 0.243 e. The third-order valence-electron chi connectivity index (χ3n) is 3.25. The molecule has 0 saturated heterocycles. The molecule has 0 saturated carbocycles. The van der Waals surface area contributed by atoms with Crippen LogP contribution < -0.4 is 11.1 Å². The first kappa shape index (κ1) is 17.4. The van der Waals surface area contributed by atoms with E-state index >= 15 is 0 Å². The predicted molar refractivity (Wildman–Crippen MR) is 88.7 cm³/mol. The van der Waals surface area contributed by atoms with Gasteiger partial charge in [0.2, 0.25) is 11.7 Å². The van der Waals surface area contributed by atoms with Gasteiger partial charge < -0.3 is 11.1 Å². The highest BCUT2D eigenvalue weighted by Crippen LogP contribution is 2.16. The van der Waals surface area contributed by atoms with E-state index in [0.29, 0.717) is 23.3 Å². The lowest BCUT2D eigenvalue weighted by molar-refractivity contribution is -0.122. The van der Waals surface area contributed by atoms with Gasteiger partial charge in [0, 0.05) is 23.2 Å². The van der Waals surface area contributed by atoms with Crippen molar-refractivity contribution in [3.05, 3.63) is 29.3 Å². The maximum atomic E-state index is 12.0. The summed E-state index contributed by atoms with van der Waals surface area (Å²) in [4.78, 5) is 13.3. The minimum Gasteiger partial charge on any atom is -0.350 e. The summed E-state index contributed by atoms with van der Waals surface area (Å²) in [6.45, 7) is 4.60. The van der Waals surface area contributed by atoms with E-state index in [0.717, 1.165) is 12.0 Å². The SMILES string of the molecule is CC(C)CC(CN)NC(=O)Cn1nnc(-c2ccc(Cl)cc2)n1. The molecular formula is C15H21ClN6O. The molecule has 0 aliphatic rings. The van der Waals surface area contributed by atoms with Gasteiger partial charge in [-0.1, -0.05) is 25.4 Å². The largest absolute Gasteiger partial charge is 0.350 e. The molecule has 1 atom stereocenters. The standard InChI is InChI=1S/C15H21ClN6O/c1-10(2)7-13(8-17)18-14(23)9-22-20-15(19-21-22)11-3-5-12(16)6-4-11/h3-6,10,13H,7-9,17H2,1-2H3,(H,18,23). The Kier molecular flexibility index (Phi) is 6.06. The van der Waals surface area contributed by atoms with Crippen LogP contribution >= 0.6 is 11.6 Å². The molecule has 2 aromatic rings. The smallest absolute Gasteiger partial charge is 0.243 e. The van der Waals surface area contributed by atoms with Crippen LogP contribution in [0, 0.1) is 5.92 Å². The van der Waals surface area contributed by atoms with Gasteiger partial charge in [0.05, 0.1) is 0 Å². The summed E-state index contributed by atoms with van der Waals surface area (Å²) in [5, 5.41) is 15.6. The number of carbonyl (C=O) groups is 1. The molecule has 1 unspecified atom stereocenters. The number of tetrazole rings is 1. The normalized spacial score (nSPS) is 12.4. The van der Waals surface area contributed by atoms with E-state index in [-0.39, 0.29) is 18.5 Å². The lowest BCUT2D eigenvalue weighted by Gasteiger charge is -2.18. The van der Waals surface area contributed by atoms with Gasteiger partial charge in [-0.05, 0) is 41.8 Å². The molecule has 1 aromatic carbocycles. The Morgan fingerprint density at radius 2 is 2.04 bits per heavy atom. The van der Waals surface area contributed by atoms with Crippen LogP contribution in [0.2, 0.25) is 5.02 Å². The highest BCUT2D eigenvalue weighted by atomic mass is 35.5. The Labute approximate surface area is 140 Å². The molecule has 2 rings (SSSR count). The highest BCUT2D eigenvalue weighted by Gasteiger charge is 2.14. The van der Waals surface area contributed by atoms with Crippen LogP contribution in [-0.2, 0) is 11.3 Å². The summed E-state index contributed by atoms with van der Waals surface area (Å²) >= 11 is 5.85. The number of aromatic nitrogens is 4. The molecule has 23 heavy (non-hydrogen) atoms. The van der Waals surface area contributed by atoms with Crippen LogP contribution in [0.25, 0.3) is 11.4 Å². The van der Waals surface area contributed by atoms with Crippen LogP contribution in [-0.4, -0.2) is 38.7 Å². The van der Waals surface area contributed by atoms with E-state index in [4.69, 9.17) is 17.3 Å². The number of amides is 1. The van der Waals surface area contributed by atoms with Crippen LogP contribution in [0.4, 0.5) is 0 Å². The number of rotatable bonds is 7. The molecule has 3 N–H and O–H groups in total. The Morgan fingerprint density at radius 3 is 2.65 bits per heavy atom. The monoisotopic (exact) mass is 336 g/mol. The first-order valence-electron chi connectivity index (χ1n) is 7.51. The summed E-state index contributed by atoms with van der Waals surface area (Å²) in [6.07, 6.45) is 0.836. The summed E-state index contributed by atoms with van der Waals surface area (Å²) in [5.74, 6) is 0.734. The lowest BCUT2D eigenvalue weighted by Crippen LogP contribution is -2.42. The van der Waals surface area contributed by atoms with E-state index < -0.39 is 0 Å². The van der Waals surface area contributed by atoms with Crippen molar-refractivity contribution in [2.24, 2.45) is 11.7 Å². The third kappa shape index (κ3) is 5.30. The molecule has 0 bridgehead atoms. The zero-order valence-corrected chi connectivity index (χ0v) is 14.0. The van der Waals surface area contributed by atoms with Crippen molar-refractivity contribution in [2.75, 3.05) is 6.54 Å². The summed E-state index contributed by atoms with van der Waals surface area (Å²) in [7, 11) is 0. The van der Waals surface area contributed by atoms with Crippen molar-refractivity contribution >= 4 is 17.5 Å². The average Bonchev–Trinajstić information content (AvgIpc) is 2.95. The summed E-state index contributed by atoms with van der Waals surface area (Å²) in [5.41, 5.74) is 6.47. The maximum absolute atomic E-state index is 12.0. The Morgan fingerprint density at radius 1 is 1.35 bits per heavy atom. The molecule has 0 radical (unpaired) electrons. The number of hydrogen-bond donors (Lipinski definition) is 2. The molecule has 0 spiro atoms. The van der Waals surface area contributed by atoms with Gasteiger partial charge in [-0.25, -0.2) is 0 Å². The molecule has 7 nitrogen and oxygen atoms in total. The van der Waals surface area contributed by atoms with Crippen molar-refractivity contribution in [3.63, 3.8) is 0 Å². The Hall–Kier alpha value is -1.99. The second kappa shape index (κ2) is 8.03. The van der Waals surface area contributed by atoms with Gasteiger partial charge in [0.15, 0.2) is 0 Å². The molecule has 124 valence electrons. The number of nitrogens with two attached hydrogens (primary N) is 1. The quantitative estimate of drug-likeness (QED) is 0.798. The molecule has 0 fully saturated rings. The minimum absolute atomic E-state index is 0.00911. The number of nitrogens with one attached hydrogen (secondary N) is 1. The zero-order chi connectivity index (χ0) is 16.8. The Bertz CT molecular complexity index is 640. The molecule has 1 heterocycles. The first-order valence-corrected chi connectivity index (χ1v) is 7.89. The first-order chi connectivity index (χ1) is 11.0. The molecule has 1 amide bonds. The topological polar surface area (TPSA) is 98.7 Å². The van der Waals surface area contributed by atoms with Crippen LogP contribution in [0.3, 0.4) is 0 Å². The third-order valence-corrected chi connectivity index (χ3v) is 3.50. The van der Waals surface area contributed by atoms with E-state index in [1.807, 2.05) is 0 Å². The number of nitrogens with zero attached hydrogens (tertiary/aromatic N) is 4. The Balaban J connectivity index is 1.95. The van der Waals surface area contributed by atoms with Crippen LogP contribution in [0.5, 0.6) is 0 Å². The minimum atomic E-state index is -0.179.